The number of amides is 1. The van der Waals surface area contributed by atoms with Crippen LogP contribution in [0.1, 0.15) is 63.8 Å². The van der Waals surface area contributed by atoms with Crippen LogP contribution in [0.4, 0.5) is 4.79 Å². The Hall–Kier alpha value is -2.05. The van der Waals surface area contributed by atoms with Gasteiger partial charge in [-0.2, -0.15) is 0 Å². The molecule has 0 saturated carbocycles. The molecule has 1 atom stereocenters. The van der Waals surface area contributed by atoms with E-state index in [1.54, 1.807) is 20.8 Å². The minimum Gasteiger partial charge on any atom is -0.475 e. The standard InChI is InChI=1S/C14H22N2O5/c1-13(2,3)10(15-12(19)20-14(4,5)6)8-7-9(11(17)18)21-16-8/h7,10H,1-6H3,(H,15,19)(H,17,18). The fourth-order valence-electron chi connectivity index (χ4n) is 1.69. The van der Waals surface area contributed by atoms with Crippen molar-refractivity contribution in [3.63, 3.8) is 0 Å². The van der Waals surface area contributed by atoms with Crippen molar-refractivity contribution in [2.75, 3.05) is 0 Å². The van der Waals surface area contributed by atoms with Crippen molar-refractivity contribution in [2.45, 2.75) is 53.2 Å². The topological polar surface area (TPSA) is 102 Å². The summed E-state index contributed by atoms with van der Waals surface area (Å²) < 4.78 is 9.96. The summed E-state index contributed by atoms with van der Waals surface area (Å²) in [5, 5.41) is 15.3. The zero-order valence-corrected chi connectivity index (χ0v) is 13.2. The van der Waals surface area contributed by atoms with Gasteiger partial charge in [-0.25, -0.2) is 9.59 Å². The Morgan fingerprint density at radius 3 is 2.24 bits per heavy atom. The summed E-state index contributed by atoms with van der Waals surface area (Å²) in [7, 11) is 0. The second-order valence-corrected chi connectivity index (χ2v) is 6.87. The van der Waals surface area contributed by atoms with Crippen LogP contribution in [0.25, 0.3) is 0 Å². The van der Waals surface area contributed by atoms with Crippen molar-refractivity contribution in [1.29, 1.82) is 0 Å². The van der Waals surface area contributed by atoms with Gasteiger partial charge in [0.2, 0.25) is 5.76 Å². The molecule has 1 amide bonds. The molecule has 0 aliphatic rings. The van der Waals surface area contributed by atoms with Crippen LogP contribution in [0, 0.1) is 5.41 Å². The van der Waals surface area contributed by atoms with Gasteiger partial charge in [0.25, 0.3) is 0 Å². The van der Waals surface area contributed by atoms with Crippen molar-refractivity contribution in [3.05, 3.63) is 17.5 Å². The number of aromatic nitrogens is 1. The molecule has 0 saturated heterocycles. The summed E-state index contributed by atoms with van der Waals surface area (Å²) >= 11 is 0. The van der Waals surface area contributed by atoms with Gasteiger partial charge in [0.15, 0.2) is 0 Å². The first kappa shape index (κ1) is 17.0. The van der Waals surface area contributed by atoms with Crippen LogP contribution in [-0.4, -0.2) is 27.9 Å². The fourth-order valence-corrected chi connectivity index (χ4v) is 1.69. The van der Waals surface area contributed by atoms with E-state index in [1.165, 1.54) is 6.07 Å². The van der Waals surface area contributed by atoms with Crippen LogP contribution in [0.3, 0.4) is 0 Å². The number of carboxylic acid groups (broad SMARTS) is 1. The second-order valence-electron chi connectivity index (χ2n) is 6.87. The molecule has 0 radical (unpaired) electrons. The van der Waals surface area contributed by atoms with Gasteiger partial charge in [-0.1, -0.05) is 25.9 Å². The van der Waals surface area contributed by atoms with E-state index in [0.29, 0.717) is 5.69 Å². The molecule has 0 aliphatic carbocycles. The predicted octanol–water partition coefficient (Wildman–Crippen LogP) is 2.98. The molecule has 7 nitrogen and oxygen atoms in total. The van der Waals surface area contributed by atoms with Gasteiger partial charge < -0.3 is 19.7 Å². The molecule has 1 rings (SSSR count). The highest BCUT2D eigenvalue weighted by Gasteiger charge is 2.32. The number of carbonyl (C=O) groups is 2. The van der Waals surface area contributed by atoms with E-state index < -0.39 is 29.1 Å². The zero-order chi connectivity index (χ0) is 16.4. The third-order valence-electron chi connectivity index (χ3n) is 2.56. The SMILES string of the molecule is CC(C)(C)OC(=O)NC(c1cc(C(=O)O)on1)C(C)(C)C. The molecule has 0 spiro atoms. The van der Waals surface area contributed by atoms with Gasteiger partial charge in [-0.15, -0.1) is 0 Å². The second kappa shape index (κ2) is 5.75. The molecule has 1 unspecified atom stereocenters. The zero-order valence-electron chi connectivity index (χ0n) is 13.2. The smallest absolute Gasteiger partial charge is 0.408 e. The molecular weight excluding hydrogens is 276 g/mol. The lowest BCUT2D eigenvalue weighted by molar-refractivity contribution is 0.0457. The highest BCUT2D eigenvalue weighted by atomic mass is 16.6. The van der Waals surface area contributed by atoms with E-state index in [-0.39, 0.29) is 5.76 Å². The molecule has 0 aliphatic heterocycles. The number of alkyl carbamates (subject to hydrolysis) is 1. The Kier molecular flexibility index (Phi) is 4.65. The molecular formula is C14H22N2O5. The number of nitrogens with zero attached hydrogens (tertiary/aromatic N) is 1. The molecule has 0 fully saturated rings. The minimum absolute atomic E-state index is 0.273. The number of carboxylic acids is 1. The number of rotatable bonds is 3. The van der Waals surface area contributed by atoms with Crippen molar-refractivity contribution in [1.82, 2.24) is 10.5 Å². The molecule has 1 heterocycles. The summed E-state index contributed by atoms with van der Waals surface area (Å²) in [6.45, 7) is 11.0. The van der Waals surface area contributed by atoms with Crippen LogP contribution in [0.5, 0.6) is 0 Å². The van der Waals surface area contributed by atoms with Crippen LogP contribution in [0.15, 0.2) is 10.6 Å². The maximum Gasteiger partial charge on any atom is 0.408 e. The first-order valence-electron chi connectivity index (χ1n) is 6.59. The number of ether oxygens (including phenoxy) is 1. The van der Waals surface area contributed by atoms with Crippen LogP contribution in [-0.2, 0) is 4.74 Å². The Bertz CT molecular complexity index is 522. The number of hydrogen-bond acceptors (Lipinski definition) is 5. The first-order chi connectivity index (χ1) is 9.40. The number of nitrogens with one attached hydrogen (secondary N) is 1. The number of hydrogen-bond donors (Lipinski definition) is 2. The molecule has 2 N–H and O–H groups in total. The summed E-state index contributed by atoms with van der Waals surface area (Å²) in [6.07, 6.45) is -0.595. The molecule has 0 aromatic carbocycles. The fraction of sp³-hybridized carbons (Fsp3) is 0.643. The van der Waals surface area contributed by atoms with Crippen LogP contribution < -0.4 is 5.32 Å². The van der Waals surface area contributed by atoms with Gasteiger partial charge in [0, 0.05) is 6.07 Å². The van der Waals surface area contributed by atoms with Crippen LogP contribution >= 0.6 is 0 Å². The summed E-state index contributed by atoms with van der Waals surface area (Å²) in [6, 6.07) is 0.763. The van der Waals surface area contributed by atoms with E-state index in [1.807, 2.05) is 20.8 Å². The van der Waals surface area contributed by atoms with Gasteiger partial charge >= 0.3 is 12.1 Å². The Labute approximate surface area is 123 Å². The number of aromatic carboxylic acids is 1. The average molecular weight is 298 g/mol. The van der Waals surface area contributed by atoms with Crippen molar-refractivity contribution < 1.29 is 24.0 Å². The van der Waals surface area contributed by atoms with Crippen LogP contribution in [0.2, 0.25) is 0 Å². The summed E-state index contributed by atoms with van der Waals surface area (Å²) in [5.74, 6) is -1.48. The lowest BCUT2D eigenvalue weighted by atomic mass is 9.85. The van der Waals surface area contributed by atoms with Gasteiger partial charge in [-0.05, 0) is 26.2 Å². The van der Waals surface area contributed by atoms with Gasteiger partial charge in [0.1, 0.15) is 11.3 Å². The van der Waals surface area contributed by atoms with E-state index in [2.05, 4.69) is 10.5 Å². The Balaban J connectivity index is 2.96. The summed E-state index contributed by atoms with van der Waals surface area (Å²) in [4.78, 5) is 22.8. The van der Waals surface area contributed by atoms with E-state index in [4.69, 9.17) is 14.4 Å². The van der Waals surface area contributed by atoms with Crippen molar-refractivity contribution in [2.24, 2.45) is 5.41 Å². The third-order valence-corrected chi connectivity index (χ3v) is 2.56. The average Bonchev–Trinajstić information content (AvgIpc) is 2.70. The predicted molar refractivity (Wildman–Crippen MR) is 75.0 cm³/mol. The highest BCUT2D eigenvalue weighted by Crippen LogP contribution is 2.32. The molecule has 118 valence electrons. The van der Waals surface area contributed by atoms with E-state index in [9.17, 15) is 9.59 Å². The maximum absolute atomic E-state index is 11.9. The molecule has 1 aromatic heterocycles. The first-order valence-corrected chi connectivity index (χ1v) is 6.59. The molecule has 1 aromatic rings. The Morgan fingerprint density at radius 2 is 1.86 bits per heavy atom. The molecule has 0 bridgehead atoms. The van der Waals surface area contributed by atoms with E-state index in [0.717, 1.165) is 0 Å². The molecule has 21 heavy (non-hydrogen) atoms. The Morgan fingerprint density at radius 1 is 1.29 bits per heavy atom. The third kappa shape index (κ3) is 5.09. The van der Waals surface area contributed by atoms with Gasteiger partial charge in [-0.3, -0.25) is 0 Å². The minimum atomic E-state index is -1.21. The monoisotopic (exact) mass is 298 g/mol. The maximum atomic E-state index is 11.9. The van der Waals surface area contributed by atoms with Crippen molar-refractivity contribution >= 4 is 12.1 Å². The largest absolute Gasteiger partial charge is 0.475 e. The van der Waals surface area contributed by atoms with E-state index >= 15 is 0 Å². The normalized spacial score (nSPS) is 13.6. The number of carbonyl (C=O) groups excluding carboxylic acids is 1. The van der Waals surface area contributed by atoms with Gasteiger partial charge in [0.05, 0.1) is 6.04 Å². The lowest BCUT2D eigenvalue weighted by Crippen LogP contribution is -2.40. The highest BCUT2D eigenvalue weighted by molar-refractivity contribution is 5.84. The van der Waals surface area contributed by atoms with Crippen molar-refractivity contribution in [3.8, 4) is 0 Å². The lowest BCUT2D eigenvalue weighted by Gasteiger charge is -2.30. The summed E-state index contributed by atoms with van der Waals surface area (Å²) in [5.41, 5.74) is -0.683. The quantitative estimate of drug-likeness (QED) is 0.889. The molecule has 7 heteroatoms.